The van der Waals surface area contributed by atoms with Crippen molar-refractivity contribution in [3.8, 4) is 0 Å². The van der Waals surface area contributed by atoms with Gasteiger partial charge in [0.25, 0.3) is 0 Å². The number of rotatable bonds is 7. The highest BCUT2D eigenvalue weighted by Gasteiger charge is 2.20. The summed E-state index contributed by atoms with van der Waals surface area (Å²) >= 11 is 0. The molecule has 2 aromatic rings. The molecule has 1 aromatic heterocycles. The number of benzene rings is 1. The predicted molar refractivity (Wildman–Crippen MR) is 88.4 cm³/mol. The third-order valence-electron chi connectivity index (χ3n) is 3.97. The summed E-state index contributed by atoms with van der Waals surface area (Å²) in [6.07, 6.45) is 1.04. The van der Waals surface area contributed by atoms with Gasteiger partial charge in [-0.25, -0.2) is 0 Å². The summed E-state index contributed by atoms with van der Waals surface area (Å²) in [4.78, 5) is 0. The molecule has 3 nitrogen and oxygen atoms in total. The highest BCUT2D eigenvalue weighted by Crippen LogP contribution is 2.25. The summed E-state index contributed by atoms with van der Waals surface area (Å²) in [5.74, 6) is 0.522. The Morgan fingerprint density at radius 2 is 1.90 bits per heavy atom. The summed E-state index contributed by atoms with van der Waals surface area (Å²) < 4.78 is 2.12. The molecule has 3 heteroatoms. The van der Waals surface area contributed by atoms with Crippen molar-refractivity contribution in [3.05, 3.63) is 53.3 Å². The zero-order chi connectivity index (χ0) is 15.2. The van der Waals surface area contributed by atoms with Gasteiger partial charge in [-0.05, 0) is 44.4 Å². The fourth-order valence-electron chi connectivity index (χ4n) is 3.01. The molecule has 0 spiro atoms. The standard InChI is InChI=1S/C18H27N3/c1-5-19-18(16-10-8-7-9-11-16)14(3)12-17-13-15(4)20-21(17)6-2/h7-11,13-14,18-19H,5-6,12H2,1-4H3. The predicted octanol–water partition coefficient (Wildman–Crippen LogP) is 3.74. The third-order valence-corrected chi connectivity index (χ3v) is 3.97. The molecule has 0 saturated carbocycles. The lowest BCUT2D eigenvalue weighted by molar-refractivity contribution is 0.382. The maximum Gasteiger partial charge on any atom is 0.0596 e. The third kappa shape index (κ3) is 3.94. The second-order valence-electron chi connectivity index (χ2n) is 5.72. The molecule has 0 fully saturated rings. The minimum absolute atomic E-state index is 0.386. The smallest absolute Gasteiger partial charge is 0.0596 e. The van der Waals surface area contributed by atoms with E-state index >= 15 is 0 Å². The van der Waals surface area contributed by atoms with Crippen LogP contribution < -0.4 is 5.32 Å². The van der Waals surface area contributed by atoms with E-state index in [-0.39, 0.29) is 0 Å². The minimum atomic E-state index is 0.386. The van der Waals surface area contributed by atoms with Crippen molar-refractivity contribution in [2.45, 2.75) is 46.7 Å². The molecule has 0 aliphatic rings. The van der Waals surface area contributed by atoms with Crippen molar-refractivity contribution in [2.24, 2.45) is 5.92 Å². The molecule has 2 atom stereocenters. The summed E-state index contributed by atoms with van der Waals surface area (Å²) in [5.41, 5.74) is 3.81. The van der Waals surface area contributed by atoms with Crippen LogP contribution in [-0.2, 0) is 13.0 Å². The van der Waals surface area contributed by atoms with E-state index in [0.29, 0.717) is 12.0 Å². The topological polar surface area (TPSA) is 29.9 Å². The molecule has 0 radical (unpaired) electrons. The van der Waals surface area contributed by atoms with Crippen molar-refractivity contribution in [3.63, 3.8) is 0 Å². The summed E-state index contributed by atoms with van der Waals surface area (Å²) in [6, 6.07) is 13.3. The molecule has 0 aliphatic heterocycles. The largest absolute Gasteiger partial charge is 0.310 e. The van der Waals surface area contributed by atoms with E-state index in [2.05, 4.69) is 79.2 Å². The summed E-state index contributed by atoms with van der Waals surface area (Å²) in [7, 11) is 0. The van der Waals surface area contributed by atoms with Crippen LogP contribution in [0.1, 0.15) is 43.8 Å². The van der Waals surface area contributed by atoms with Gasteiger partial charge in [-0.3, -0.25) is 4.68 Å². The number of aromatic nitrogens is 2. The van der Waals surface area contributed by atoms with Gasteiger partial charge in [0.05, 0.1) is 5.69 Å². The van der Waals surface area contributed by atoms with E-state index in [4.69, 9.17) is 0 Å². The molecule has 0 aliphatic carbocycles. The molecule has 2 unspecified atom stereocenters. The first-order valence-corrected chi connectivity index (χ1v) is 7.97. The van der Waals surface area contributed by atoms with Crippen LogP contribution in [0.5, 0.6) is 0 Å². The van der Waals surface area contributed by atoms with Gasteiger partial charge in [0, 0.05) is 18.3 Å². The van der Waals surface area contributed by atoms with Crippen molar-refractivity contribution in [1.29, 1.82) is 0 Å². The van der Waals surface area contributed by atoms with Crippen molar-refractivity contribution < 1.29 is 0 Å². The highest BCUT2D eigenvalue weighted by molar-refractivity contribution is 5.20. The maximum absolute atomic E-state index is 4.56. The summed E-state index contributed by atoms with van der Waals surface area (Å²) in [5, 5.41) is 8.19. The van der Waals surface area contributed by atoms with Crippen LogP contribution in [0.15, 0.2) is 36.4 Å². The Hall–Kier alpha value is -1.61. The lowest BCUT2D eigenvalue weighted by atomic mass is 9.90. The number of hydrogen-bond donors (Lipinski definition) is 1. The van der Waals surface area contributed by atoms with Gasteiger partial charge in [0.1, 0.15) is 0 Å². The van der Waals surface area contributed by atoms with Crippen LogP contribution in [0.4, 0.5) is 0 Å². The molecule has 1 N–H and O–H groups in total. The maximum atomic E-state index is 4.56. The van der Waals surface area contributed by atoms with E-state index in [9.17, 15) is 0 Å². The monoisotopic (exact) mass is 285 g/mol. The van der Waals surface area contributed by atoms with Crippen LogP contribution in [-0.4, -0.2) is 16.3 Å². The molecule has 1 heterocycles. The lowest BCUT2D eigenvalue weighted by Crippen LogP contribution is -2.28. The van der Waals surface area contributed by atoms with Gasteiger partial charge >= 0.3 is 0 Å². The first-order chi connectivity index (χ1) is 10.2. The molecule has 0 bridgehead atoms. The number of nitrogens with one attached hydrogen (secondary N) is 1. The molecule has 2 rings (SSSR count). The molecule has 1 aromatic carbocycles. The van der Waals surface area contributed by atoms with Gasteiger partial charge in [0.2, 0.25) is 0 Å². The van der Waals surface area contributed by atoms with E-state index in [0.717, 1.165) is 25.2 Å². The Balaban J connectivity index is 2.17. The fourth-order valence-corrected chi connectivity index (χ4v) is 3.01. The average Bonchev–Trinajstić information content (AvgIpc) is 2.85. The fraction of sp³-hybridized carbons (Fsp3) is 0.500. The van der Waals surface area contributed by atoms with Crippen LogP contribution in [0.25, 0.3) is 0 Å². The van der Waals surface area contributed by atoms with Gasteiger partial charge in [-0.2, -0.15) is 5.10 Å². The van der Waals surface area contributed by atoms with E-state index < -0.39 is 0 Å². The van der Waals surface area contributed by atoms with Gasteiger partial charge in [-0.15, -0.1) is 0 Å². The second kappa shape index (κ2) is 7.41. The first kappa shape index (κ1) is 15.8. The van der Waals surface area contributed by atoms with Crippen molar-refractivity contribution in [1.82, 2.24) is 15.1 Å². The lowest BCUT2D eigenvalue weighted by Gasteiger charge is -2.25. The Morgan fingerprint density at radius 3 is 2.52 bits per heavy atom. The normalized spacial score (nSPS) is 14.1. The average molecular weight is 285 g/mol. The number of nitrogens with zero attached hydrogens (tertiary/aromatic N) is 2. The molecular weight excluding hydrogens is 258 g/mol. The van der Waals surface area contributed by atoms with Crippen molar-refractivity contribution in [2.75, 3.05) is 6.54 Å². The molecular formula is C18H27N3. The molecule has 0 amide bonds. The van der Waals surface area contributed by atoms with Gasteiger partial charge in [-0.1, -0.05) is 44.2 Å². The molecule has 21 heavy (non-hydrogen) atoms. The second-order valence-corrected chi connectivity index (χ2v) is 5.72. The van der Waals surface area contributed by atoms with Crippen LogP contribution in [0, 0.1) is 12.8 Å². The molecule has 114 valence electrons. The quantitative estimate of drug-likeness (QED) is 0.840. The minimum Gasteiger partial charge on any atom is -0.310 e. The first-order valence-electron chi connectivity index (χ1n) is 7.97. The van der Waals surface area contributed by atoms with Gasteiger partial charge in [0.15, 0.2) is 0 Å². The van der Waals surface area contributed by atoms with Crippen molar-refractivity contribution >= 4 is 0 Å². The number of aryl methyl sites for hydroxylation is 2. The van der Waals surface area contributed by atoms with Crippen LogP contribution >= 0.6 is 0 Å². The SMILES string of the molecule is CCNC(c1ccccc1)C(C)Cc1cc(C)nn1CC. The van der Waals surface area contributed by atoms with E-state index in [1.54, 1.807) is 0 Å². The Morgan fingerprint density at radius 1 is 1.19 bits per heavy atom. The number of hydrogen-bond acceptors (Lipinski definition) is 2. The Labute approximate surface area is 128 Å². The Kier molecular flexibility index (Phi) is 5.57. The Bertz CT molecular complexity index is 545. The van der Waals surface area contributed by atoms with Crippen LogP contribution in [0.3, 0.4) is 0 Å². The summed E-state index contributed by atoms with van der Waals surface area (Å²) in [6.45, 7) is 10.6. The zero-order valence-corrected chi connectivity index (χ0v) is 13.6. The van der Waals surface area contributed by atoms with E-state index in [1.165, 1.54) is 11.3 Å². The molecule has 0 saturated heterocycles. The van der Waals surface area contributed by atoms with Gasteiger partial charge < -0.3 is 5.32 Å². The highest BCUT2D eigenvalue weighted by atomic mass is 15.3. The van der Waals surface area contributed by atoms with E-state index in [1.807, 2.05) is 0 Å². The van der Waals surface area contributed by atoms with Crippen LogP contribution in [0.2, 0.25) is 0 Å². The zero-order valence-electron chi connectivity index (χ0n) is 13.6.